The lowest BCUT2D eigenvalue weighted by Gasteiger charge is -2.10. The minimum atomic E-state index is -3.42. The van der Waals surface area contributed by atoms with Crippen LogP contribution in [0.2, 0.25) is 0 Å². The molecule has 6 heteroatoms. The number of hydrogen-bond acceptors (Lipinski definition) is 3. The van der Waals surface area contributed by atoms with Gasteiger partial charge in [-0.15, -0.1) is 0 Å². The number of amides is 1. The summed E-state index contributed by atoms with van der Waals surface area (Å²) in [5, 5.41) is 2.83. The van der Waals surface area contributed by atoms with Crippen molar-refractivity contribution < 1.29 is 13.2 Å². The van der Waals surface area contributed by atoms with Crippen LogP contribution in [0.3, 0.4) is 0 Å². The second-order valence-electron chi connectivity index (χ2n) is 6.41. The van der Waals surface area contributed by atoms with Gasteiger partial charge in [0.1, 0.15) is 0 Å². The molecule has 2 rings (SSSR count). The highest BCUT2D eigenvalue weighted by molar-refractivity contribution is 7.88. The van der Waals surface area contributed by atoms with Gasteiger partial charge in [-0.2, -0.15) is 0 Å². The van der Waals surface area contributed by atoms with Crippen molar-refractivity contribution in [1.82, 2.24) is 4.72 Å². The van der Waals surface area contributed by atoms with E-state index in [9.17, 15) is 13.2 Å². The average molecular weight is 360 g/mol. The molecule has 0 atom stereocenters. The highest BCUT2D eigenvalue weighted by Crippen LogP contribution is 2.13. The number of hydrogen-bond donors (Lipinski definition) is 2. The Balaban J connectivity index is 1.94. The van der Waals surface area contributed by atoms with Crippen LogP contribution < -0.4 is 10.0 Å². The monoisotopic (exact) mass is 360 g/mol. The Labute approximate surface area is 149 Å². The smallest absolute Gasteiger partial charge is 0.224 e. The molecule has 1 amide bonds. The molecule has 0 heterocycles. The molecule has 0 aliphatic rings. The average Bonchev–Trinajstić information content (AvgIpc) is 2.53. The Bertz CT molecular complexity index is 802. The van der Waals surface area contributed by atoms with Gasteiger partial charge in [0.15, 0.2) is 0 Å². The molecule has 0 spiro atoms. The van der Waals surface area contributed by atoms with Crippen molar-refractivity contribution in [3.63, 3.8) is 0 Å². The first-order chi connectivity index (χ1) is 11.8. The lowest BCUT2D eigenvalue weighted by Crippen LogP contribution is -2.24. The van der Waals surface area contributed by atoms with Gasteiger partial charge in [0.25, 0.3) is 0 Å². The van der Waals surface area contributed by atoms with Gasteiger partial charge < -0.3 is 5.32 Å². The van der Waals surface area contributed by atoms with E-state index < -0.39 is 10.0 Å². The summed E-state index contributed by atoms with van der Waals surface area (Å²) in [5.74, 6) is 0.184. The van der Waals surface area contributed by atoms with Gasteiger partial charge in [0, 0.05) is 18.7 Å². The predicted octanol–water partition coefficient (Wildman–Crippen LogP) is 3.29. The standard InChI is InChI=1S/C19H24N2O3S/c1-15(2)11-19(22)21-18-10-6-9-17(12-18)13-20-25(23,24)14-16-7-4-3-5-8-16/h3-10,12,15,20H,11,13-14H2,1-2H3,(H,21,22). The fourth-order valence-electron chi connectivity index (χ4n) is 2.38. The summed E-state index contributed by atoms with van der Waals surface area (Å²) in [7, 11) is -3.42. The molecule has 0 unspecified atom stereocenters. The number of sulfonamides is 1. The molecule has 134 valence electrons. The van der Waals surface area contributed by atoms with Crippen LogP contribution in [0.4, 0.5) is 5.69 Å². The first-order valence-corrected chi connectivity index (χ1v) is 9.89. The van der Waals surface area contributed by atoms with E-state index in [2.05, 4.69) is 10.0 Å². The molecule has 2 aromatic rings. The molecule has 5 nitrogen and oxygen atoms in total. The van der Waals surface area contributed by atoms with E-state index >= 15 is 0 Å². The summed E-state index contributed by atoms with van der Waals surface area (Å²) in [6.45, 7) is 4.15. The van der Waals surface area contributed by atoms with Gasteiger partial charge in [-0.3, -0.25) is 4.79 Å². The quantitative estimate of drug-likeness (QED) is 0.758. The van der Waals surface area contributed by atoms with Crippen LogP contribution in [0.1, 0.15) is 31.4 Å². The summed E-state index contributed by atoms with van der Waals surface area (Å²) in [4.78, 5) is 11.8. The summed E-state index contributed by atoms with van der Waals surface area (Å²) in [6, 6.07) is 16.2. The molecule has 0 aromatic heterocycles. The van der Waals surface area contributed by atoms with Gasteiger partial charge in [-0.05, 0) is 29.2 Å². The van der Waals surface area contributed by atoms with Crippen molar-refractivity contribution in [3.8, 4) is 0 Å². The van der Waals surface area contributed by atoms with E-state index in [1.54, 1.807) is 30.3 Å². The maximum atomic E-state index is 12.2. The summed E-state index contributed by atoms with van der Waals surface area (Å²) < 4.78 is 26.9. The molecule has 0 saturated heterocycles. The topological polar surface area (TPSA) is 75.3 Å². The zero-order valence-corrected chi connectivity index (χ0v) is 15.3. The normalized spacial score (nSPS) is 11.5. The number of rotatable bonds is 8. The Morgan fingerprint density at radius 3 is 2.36 bits per heavy atom. The molecule has 2 N–H and O–H groups in total. The van der Waals surface area contributed by atoms with Crippen LogP contribution in [-0.2, 0) is 27.1 Å². The summed E-state index contributed by atoms with van der Waals surface area (Å²) >= 11 is 0. The fourth-order valence-corrected chi connectivity index (χ4v) is 3.50. The van der Waals surface area contributed by atoms with Crippen molar-refractivity contribution in [1.29, 1.82) is 0 Å². The Morgan fingerprint density at radius 2 is 1.68 bits per heavy atom. The number of anilines is 1. The lowest BCUT2D eigenvalue weighted by molar-refractivity contribution is -0.116. The molecule has 0 aliphatic heterocycles. The summed E-state index contributed by atoms with van der Waals surface area (Å²) in [6.07, 6.45) is 0.452. The van der Waals surface area contributed by atoms with Crippen molar-refractivity contribution in [2.75, 3.05) is 5.32 Å². The zero-order valence-electron chi connectivity index (χ0n) is 14.5. The SMILES string of the molecule is CC(C)CC(=O)Nc1cccc(CNS(=O)(=O)Cc2ccccc2)c1. The van der Waals surface area contributed by atoms with Gasteiger partial charge in [0.2, 0.25) is 15.9 Å². The predicted molar refractivity (Wildman–Crippen MR) is 100 cm³/mol. The minimum Gasteiger partial charge on any atom is -0.326 e. The first kappa shape index (κ1) is 19.1. The number of carbonyl (C=O) groups is 1. The number of nitrogens with one attached hydrogen (secondary N) is 2. The van der Waals surface area contributed by atoms with E-state index in [-0.39, 0.29) is 24.1 Å². The van der Waals surface area contributed by atoms with Crippen LogP contribution >= 0.6 is 0 Å². The van der Waals surface area contributed by atoms with E-state index in [0.717, 1.165) is 11.1 Å². The number of carbonyl (C=O) groups excluding carboxylic acids is 1. The van der Waals surface area contributed by atoms with Crippen LogP contribution in [0.5, 0.6) is 0 Å². The second kappa shape index (κ2) is 8.78. The molecule has 0 saturated carbocycles. The van der Waals surface area contributed by atoms with Crippen LogP contribution in [-0.4, -0.2) is 14.3 Å². The first-order valence-electron chi connectivity index (χ1n) is 8.24. The second-order valence-corrected chi connectivity index (χ2v) is 8.22. The molecular weight excluding hydrogens is 336 g/mol. The van der Waals surface area contributed by atoms with Crippen LogP contribution in [0.25, 0.3) is 0 Å². The summed E-state index contributed by atoms with van der Waals surface area (Å²) in [5.41, 5.74) is 2.20. The number of benzene rings is 2. The molecule has 0 aliphatic carbocycles. The van der Waals surface area contributed by atoms with Gasteiger partial charge in [0.05, 0.1) is 5.75 Å². The third kappa shape index (κ3) is 7.07. The third-order valence-electron chi connectivity index (χ3n) is 3.50. The Hall–Kier alpha value is -2.18. The Morgan fingerprint density at radius 1 is 1.00 bits per heavy atom. The van der Waals surface area contributed by atoms with E-state index in [1.807, 2.05) is 38.1 Å². The highest BCUT2D eigenvalue weighted by atomic mass is 32.2. The molecular formula is C19H24N2O3S. The lowest BCUT2D eigenvalue weighted by atomic mass is 10.1. The minimum absolute atomic E-state index is 0.0446. The third-order valence-corrected chi connectivity index (χ3v) is 4.80. The van der Waals surface area contributed by atoms with Gasteiger partial charge >= 0.3 is 0 Å². The van der Waals surface area contributed by atoms with E-state index in [0.29, 0.717) is 12.1 Å². The van der Waals surface area contributed by atoms with Crippen LogP contribution in [0, 0.1) is 5.92 Å². The van der Waals surface area contributed by atoms with Crippen molar-refractivity contribution in [3.05, 3.63) is 65.7 Å². The maximum Gasteiger partial charge on any atom is 0.224 e. The molecule has 0 bridgehead atoms. The zero-order chi connectivity index (χ0) is 18.3. The van der Waals surface area contributed by atoms with Gasteiger partial charge in [-0.1, -0.05) is 56.3 Å². The molecule has 25 heavy (non-hydrogen) atoms. The van der Waals surface area contributed by atoms with Gasteiger partial charge in [-0.25, -0.2) is 13.1 Å². The molecule has 0 radical (unpaired) electrons. The van der Waals surface area contributed by atoms with Crippen molar-refractivity contribution in [2.24, 2.45) is 5.92 Å². The largest absolute Gasteiger partial charge is 0.326 e. The molecule has 0 fully saturated rings. The van der Waals surface area contributed by atoms with E-state index in [4.69, 9.17) is 0 Å². The van der Waals surface area contributed by atoms with E-state index in [1.165, 1.54) is 0 Å². The van der Waals surface area contributed by atoms with Crippen LogP contribution in [0.15, 0.2) is 54.6 Å². The Kier molecular flexibility index (Phi) is 6.73. The molecule has 2 aromatic carbocycles. The highest BCUT2D eigenvalue weighted by Gasteiger charge is 2.11. The van der Waals surface area contributed by atoms with Crippen molar-refractivity contribution in [2.45, 2.75) is 32.6 Å². The van der Waals surface area contributed by atoms with Crippen molar-refractivity contribution >= 4 is 21.6 Å². The maximum absolute atomic E-state index is 12.2. The fraction of sp³-hybridized carbons (Fsp3) is 0.316.